The highest BCUT2D eigenvalue weighted by molar-refractivity contribution is 7.88. The number of hydrogen-bond donors (Lipinski definition) is 0. The van der Waals surface area contributed by atoms with Gasteiger partial charge in [-0.15, -0.1) is 0 Å². The average molecular weight is 350 g/mol. The summed E-state index contributed by atoms with van der Waals surface area (Å²) in [6.45, 7) is 3.87. The summed E-state index contributed by atoms with van der Waals surface area (Å²) >= 11 is 0. The van der Waals surface area contributed by atoms with E-state index in [1.807, 2.05) is 36.1 Å². The van der Waals surface area contributed by atoms with Gasteiger partial charge >= 0.3 is 0 Å². The summed E-state index contributed by atoms with van der Waals surface area (Å²) in [5, 5.41) is 0. The Balaban J connectivity index is 1.73. The molecule has 0 aliphatic carbocycles. The lowest BCUT2D eigenvalue weighted by Gasteiger charge is -2.44. The Morgan fingerprint density at radius 3 is 2.38 bits per heavy atom. The van der Waals surface area contributed by atoms with Gasteiger partial charge in [-0.2, -0.15) is 4.31 Å². The summed E-state index contributed by atoms with van der Waals surface area (Å²) in [4.78, 5) is 14.6. The molecular formula is C18H26N2O3S. The van der Waals surface area contributed by atoms with Gasteiger partial charge in [0.1, 0.15) is 0 Å². The molecule has 1 unspecified atom stereocenters. The van der Waals surface area contributed by atoms with E-state index in [1.165, 1.54) is 11.8 Å². The molecule has 5 nitrogen and oxygen atoms in total. The van der Waals surface area contributed by atoms with Crippen LogP contribution in [0.1, 0.15) is 36.8 Å². The summed E-state index contributed by atoms with van der Waals surface area (Å²) in [5.41, 5.74) is 1.81. The van der Waals surface area contributed by atoms with E-state index < -0.39 is 10.0 Å². The first-order valence-corrected chi connectivity index (χ1v) is 10.5. The van der Waals surface area contributed by atoms with E-state index in [-0.39, 0.29) is 11.4 Å². The number of hydrogen-bond acceptors (Lipinski definition) is 3. The third-order valence-corrected chi connectivity index (χ3v) is 6.69. The van der Waals surface area contributed by atoms with E-state index in [1.54, 1.807) is 4.31 Å². The Bertz CT molecular complexity index is 714. The smallest absolute Gasteiger partial charge is 0.227 e. The minimum absolute atomic E-state index is 0.0956. The van der Waals surface area contributed by atoms with Gasteiger partial charge in [-0.3, -0.25) is 4.79 Å². The zero-order valence-corrected chi connectivity index (χ0v) is 15.3. The highest BCUT2D eigenvalue weighted by Gasteiger charge is 2.48. The van der Waals surface area contributed by atoms with Crippen LogP contribution in [0, 0.1) is 6.92 Å². The summed E-state index contributed by atoms with van der Waals surface area (Å²) in [7, 11) is -3.23. The molecular weight excluding hydrogens is 324 g/mol. The minimum Gasteiger partial charge on any atom is -0.341 e. The Labute approximate surface area is 144 Å². The Morgan fingerprint density at radius 2 is 1.75 bits per heavy atom. The van der Waals surface area contributed by atoms with Crippen LogP contribution in [0.2, 0.25) is 0 Å². The maximum Gasteiger partial charge on any atom is 0.227 e. The van der Waals surface area contributed by atoms with Gasteiger partial charge in [0, 0.05) is 19.6 Å². The summed E-state index contributed by atoms with van der Waals surface area (Å²) in [6.07, 6.45) is 5.13. The van der Waals surface area contributed by atoms with Crippen LogP contribution >= 0.6 is 0 Å². The number of carbonyl (C=O) groups excluding carboxylic acids is 1. The van der Waals surface area contributed by atoms with Crippen molar-refractivity contribution < 1.29 is 13.2 Å². The molecule has 2 aliphatic heterocycles. The molecule has 1 aromatic carbocycles. The molecule has 0 bridgehead atoms. The van der Waals surface area contributed by atoms with Crippen LogP contribution < -0.4 is 0 Å². The topological polar surface area (TPSA) is 57.7 Å². The Morgan fingerprint density at radius 1 is 1.12 bits per heavy atom. The molecule has 6 heteroatoms. The lowest BCUT2D eigenvalue weighted by atomic mass is 9.87. The molecule has 2 saturated heterocycles. The van der Waals surface area contributed by atoms with E-state index in [2.05, 4.69) is 0 Å². The molecule has 1 spiro atoms. The molecule has 2 aliphatic rings. The second-order valence-electron chi connectivity index (χ2n) is 7.24. The maximum absolute atomic E-state index is 12.7. The minimum atomic E-state index is -3.23. The van der Waals surface area contributed by atoms with Crippen LogP contribution in [0.25, 0.3) is 0 Å². The van der Waals surface area contributed by atoms with Gasteiger partial charge in [0.2, 0.25) is 15.9 Å². The predicted molar refractivity (Wildman–Crippen MR) is 94.2 cm³/mol. The lowest BCUT2D eigenvalue weighted by Crippen LogP contribution is -2.58. The second kappa shape index (κ2) is 6.48. The molecule has 132 valence electrons. The van der Waals surface area contributed by atoms with Crippen LogP contribution in [-0.2, 0) is 21.2 Å². The molecule has 0 radical (unpaired) electrons. The van der Waals surface area contributed by atoms with Crippen molar-refractivity contribution in [3.05, 3.63) is 35.4 Å². The van der Waals surface area contributed by atoms with Gasteiger partial charge < -0.3 is 4.90 Å². The number of rotatable bonds is 3. The van der Waals surface area contributed by atoms with Crippen LogP contribution in [0.5, 0.6) is 0 Å². The van der Waals surface area contributed by atoms with Crippen molar-refractivity contribution in [3.63, 3.8) is 0 Å². The molecule has 0 saturated carbocycles. The Kier molecular flexibility index (Phi) is 4.71. The maximum atomic E-state index is 12.7. The van der Waals surface area contributed by atoms with Crippen molar-refractivity contribution in [3.8, 4) is 0 Å². The summed E-state index contributed by atoms with van der Waals surface area (Å²) in [5.74, 6) is 0.0956. The molecule has 1 atom stereocenters. The van der Waals surface area contributed by atoms with Crippen LogP contribution in [-0.4, -0.2) is 55.0 Å². The van der Waals surface area contributed by atoms with Crippen molar-refractivity contribution in [2.75, 3.05) is 25.9 Å². The van der Waals surface area contributed by atoms with Crippen LogP contribution in [0.3, 0.4) is 0 Å². The molecule has 0 aromatic heterocycles. The average Bonchev–Trinajstić information content (AvgIpc) is 2.92. The SMILES string of the molecule is Cc1ccc(CC(=O)N2CCCC3(CCCN3S(C)(=O)=O)C2)cc1. The summed E-state index contributed by atoms with van der Waals surface area (Å²) < 4.78 is 25.9. The van der Waals surface area contributed by atoms with E-state index in [0.29, 0.717) is 19.5 Å². The van der Waals surface area contributed by atoms with E-state index in [4.69, 9.17) is 0 Å². The van der Waals surface area contributed by atoms with Crippen LogP contribution in [0.4, 0.5) is 0 Å². The van der Waals surface area contributed by atoms with Crippen molar-refractivity contribution in [2.24, 2.45) is 0 Å². The van der Waals surface area contributed by atoms with Gasteiger partial charge in [-0.1, -0.05) is 29.8 Å². The normalized spacial score (nSPS) is 25.3. The monoisotopic (exact) mass is 350 g/mol. The molecule has 2 fully saturated rings. The molecule has 1 aromatic rings. The third kappa shape index (κ3) is 3.49. The number of amides is 1. The van der Waals surface area contributed by atoms with Crippen molar-refractivity contribution in [1.29, 1.82) is 0 Å². The first-order chi connectivity index (χ1) is 11.3. The standard InChI is InChI=1S/C18H26N2O3S/c1-15-5-7-16(8-6-15)13-17(21)19-11-3-9-18(14-19)10-4-12-20(18)24(2,22)23/h5-8H,3-4,9-14H2,1-2H3. The van der Waals surface area contributed by atoms with Gasteiger partial charge in [0.25, 0.3) is 0 Å². The molecule has 0 N–H and O–H groups in total. The second-order valence-corrected chi connectivity index (χ2v) is 9.15. The van der Waals surface area contributed by atoms with Gasteiger partial charge in [-0.25, -0.2) is 8.42 Å². The Hall–Kier alpha value is -1.40. The molecule has 3 rings (SSSR count). The van der Waals surface area contributed by atoms with Gasteiger partial charge in [0.15, 0.2) is 0 Å². The van der Waals surface area contributed by atoms with E-state index >= 15 is 0 Å². The molecule has 1 amide bonds. The van der Waals surface area contributed by atoms with Crippen molar-refractivity contribution in [1.82, 2.24) is 9.21 Å². The van der Waals surface area contributed by atoms with Gasteiger partial charge in [-0.05, 0) is 38.2 Å². The molecule has 24 heavy (non-hydrogen) atoms. The zero-order chi connectivity index (χ0) is 17.4. The number of likely N-dealkylation sites (tertiary alicyclic amines) is 1. The zero-order valence-electron chi connectivity index (χ0n) is 14.5. The number of nitrogens with zero attached hydrogens (tertiary/aromatic N) is 2. The van der Waals surface area contributed by atoms with Crippen molar-refractivity contribution in [2.45, 2.75) is 44.6 Å². The largest absolute Gasteiger partial charge is 0.341 e. The van der Waals surface area contributed by atoms with Crippen LogP contribution in [0.15, 0.2) is 24.3 Å². The quantitative estimate of drug-likeness (QED) is 0.837. The lowest BCUT2D eigenvalue weighted by molar-refractivity contribution is -0.133. The predicted octanol–water partition coefficient (Wildman–Crippen LogP) is 1.95. The van der Waals surface area contributed by atoms with E-state index in [9.17, 15) is 13.2 Å². The van der Waals surface area contributed by atoms with E-state index in [0.717, 1.165) is 37.8 Å². The number of benzene rings is 1. The van der Waals surface area contributed by atoms with Crippen molar-refractivity contribution >= 4 is 15.9 Å². The fourth-order valence-corrected chi connectivity index (χ4v) is 5.56. The first-order valence-electron chi connectivity index (χ1n) is 8.61. The number of piperidine rings is 1. The fourth-order valence-electron chi connectivity index (χ4n) is 4.16. The molecule has 2 heterocycles. The first kappa shape index (κ1) is 17.4. The highest BCUT2D eigenvalue weighted by Crippen LogP contribution is 2.38. The number of aryl methyl sites for hydroxylation is 1. The summed E-state index contributed by atoms with van der Waals surface area (Å²) in [6, 6.07) is 8.02. The fraction of sp³-hybridized carbons (Fsp3) is 0.611. The highest BCUT2D eigenvalue weighted by atomic mass is 32.2. The number of carbonyl (C=O) groups is 1. The van der Waals surface area contributed by atoms with Gasteiger partial charge in [0.05, 0.1) is 18.2 Å². The third-order valence-electron chi connectivity index (χ3n) is 5.32. The number of sulfonamides is 1.